The molecule has 0 saturated carbocycles. The number of hydrogen-bond donors (Lipinski definition) is 1. The molecule has 2 N–H and O–H groups in total. The predicted octanol–water partition coefficient (Wildman–Crippen LogP) is 1.73. The third-order valence-corrected chi connectivity index (χ3v) is 5.32. The number of hydrogen-bond acceptors (Lipinski definition) is 5. The van der Waals surface area contributed by atoms with Crippen LogP contribution in [-0.4, -0.2) is 45.9 Å². The normalized spacial score (nSPS) is 12.5. The second-order valence-corrected chi connectivity index (χ2v) is 8.21. The molecule has 1 aromatic carbocycles. The number of halogens is 1. The van der Waals surface area contributed by atoms with Gasteiger partial charge in [-0.2, -0.15) is 0 Å². The number of rotatable bonds is 6. The third-order valence-electron chi connectivity index (χ3n) is 3.24. The van der Waals surface area contributed by atoms with E-state index in [1.165, 1.54) is 32.4 Å². The van der Waals surface area contributed by atoms with Gasteiger partial charge in [0, 0.05) is 18.6 Å². The summed E-state index contributed by atoms with van der Waals surface area (Å²) in [5.41, 5.74) is 5.20. The lowest BCUT2D eigenvalue weighted by Crippen LogP contribution is -2.40. The molecule has 0 bridgehead atoms. The van der Waals surface area contributed by atoms with Crippen molar-refractivity contribution in [3.05, 3.63) is 28.8 Å². The number of carbonyl (C=O) groups is 1. The van der Waals surface area contributed by atoms with Crippen molar-refractivity contribution in [2.24, 2.45) is 11.1 Å². The number of sulfonamides is 1. The van der Waals surface area contributed by atoms with Crippen LogP contribution in [0.5, 0.6) is 0 Å². The average molecular weight is 349 g/mol. The van der Waals surface area contributed by atoms with E-state index in [-0.39, 0.29) is 22.0 Å². The lowest BCUT2D eigenvalue weighted by molar-refractivity contribution is 0.0596. The van der Waals surface area contributed by atoms with Crippen molar-refractivity contribution in [3.63, 3.8) is 0 Å². The fourth-order valence-corrected chi connectivity index (χ4v) is 3.71. The Bertz CT molecular complexity index is 659. The van der Waals surface area contributed by atoms with Crippen LogP contribution in [-0.2, 0) is 14.8 Å². The van der Waals surface area contributed by atoms with Crippen molar-refractivity contribution >= 4 is 27.6 Å². The van der Waals surface area contributed by atoms with Crippen molar-refractivity contribution in [1.29, 1.82) is 0 Å². The Morgan fingerprint density at radius 2 is 2.00 bits per heavy atom. The van der Waals surface area contributed by atoms with Gasteiger partial charge in [0.1, 0.15) is 0 Å². The summed E-state index contributed by atoms with van der Waals surface area (Å²) in [5.74, 6) is -0.735. The van der Waals surface area contributed by atoms with Crippen LogP contribution < -0.4 is 5.73 Å². The van der Waals surface area contributed by atoms with Gasteiger partial charge in [-0.3, -0.25) is 0 Å². The molecule has 0 aromatic heterocycles. The highest BCUT2D eigenvalue weighted by atomic mass is 35.5. The molecule has 6 nitrogen and oxygen atoms in total. The molecule has 0 atom stereocenters. The number of nitrogens with zero attached hydrogens (tertiary/aromatic N) is 1. The minimum Gasteiger partial charge on any atom is -0.465 e. The lowest BCUT2D eigenvalue weighted by atomic mass is 9.94. The monoisotopic (exact) mass is 348 g/mol. The summed E-state index contributed by atoms with van der Waals surface area (Å²) in [4.78, 5) is 11.6. The molecule has 1 aromatic rings. The van der Waals surface area contributed by atoms with Crippen LogP contribution in [0.25, 0.3) is 0 Å². The molecule has 1 rings (SSSR count). The van der Waals surface area contributed by atoms with E-state index in [4.69, 9.17) is 17.3 Å². The zero-order valence-electron chi connectivity index (χ0n) is 13.1. The van der Waals surface area contributed by atoms with E-state index < -0.39 is 21.4 Å². The maximum absolute atomic E-state index is 12.7. The lowest BCUT2D eigenvalue weighted by Gasteiger charge is -2.28. The summed E-state index contributed by atoms with van der Waals surface area (Å²) >= 11 is 5.88. The van der Waals surface area contributed by atoms with Crippen LogP contribution in [0, 0.1) is 5.41 Å². The largest absolute Gasteiger partial charge is 0.465 e. The first-order chi connectivity index (χ1) is 10.0. The number of ether oxygens (including phenoxy) is 1. The van der Waals surface area contributed by atoms with E-state index >= 15 is 0 Å². The first-order valence-electron chi connectivity index (χ1n) is 6.59. The van der Waals surface area contributed by atoms with Gasteiger partial charge < -0.3 is 10.5 Å². The molecule has 124 valence electrons. The zero-order chi connectivity index (χ0) is 17.1. The fourth-order valence-electron chi connectivity index (χ4n) is 1.91. The Morgan fingerprint density at radius 1 is 1.41 bits per heavy atom. The highest BCUT2D eigenvalue weighted by molar-refractivity contribution is 7.89. The minimum absolute atomic E-state index is 0.0516. The Morgan fingerprint density at radius 3 is 2.50 bits per heavy atom. The summed E-state index contributed by atoms with van der Waals surface area (Å²) in [6.45, 7) is 4.25. The number of nitrogens with two attached hydrogens (primary N) is 1. The van der Waals surface area contributed by atoms with Gasteiger partial charge in [-0.1, -0.05) is 25.4 Å². The van der Waals surface area contributed by atoms with E-state index in [1.807, 2.05) is 13.8 Å². The quantitative estimate of drug-likeness (QED) is 0.791. The average Bonchev–Trinajstić information content (AvgIpc) is 2.45. The van der Waals surface area contributed by atoms with E-state index in [0.29, 0.717) is 6.54 Å². The highest BCUT2D eigenvalue weighted by Crippen LogP contribution is 2.26. The molecule has 0 fully saturated rings. The topological polar surface area (TPSA) is 89.7 Å². The molecule has 0 spiro atoms. The van der Waals surface area contributed by atoms with E-state index in [2.05, 4.69) is 4.74 Å². The molecule has 0 amide bonds. The van der Waals surface area contributed by atoms with Gasteiger partial charge in [0.05, 0.1) is 17.6 Å². The van der Waals surface area contributed by atoms with Gasteiger partial charge in [0.2, 0.25) is 10.0 Å². The van der Waals surface area contributed by atoms with Gasteiger partial charge in [-0.15, -0.1) is 0 Å². The molecule has 0 radical (unpaired) electrons. The van der Waals surface area contributed by atoms with E-state index in [0.717, 1.165) is 4.31 Å². The van der Waals surface area contributed by atoms with E-state index in [9.17, 15) is 13.2 Å². The van der Waals surface area contributed by atoms with Gasteiger partial charge in [-0.05, 0) is 30.2 Å². The van der Waals surface area contributed by atoms with Crippen LogP contribution in [0.2, 0.25) is 5.02 Å². The van der Waals surface area contributed by atoms with Gasteiger partial charge in [-0.25, -0.2) is 17.5 Å². The second kappa shape index (κ2) is 6.95. The van der Waals surface area contributed by atoms with Crippen molar-refractivity contribution in [1.82, 2.24) is 4.31 Å². The molecule has 8 heteroatoms. The second-order valence-electron chi connectivity index (χ2n) is 5.76. The minimum atomic E-state index is -3.90. The smallest absolute Gasteiger partial charge is 0.339 e. The molecule has 0 aliphatic carbocycles. The molecule has 0 unspecified atom stereocenters. The summed E-state index contributed by atoms with van der Waals surface area (Å²) in [7, 11) is -1.27. The zero-order valence-corrected chi connectivity index (χ0v) is 14.7. The molecule has 0 heterocycles. The molecule has 0 aliphatic rings. The van der Waals surface area contributed by atoms with Crippen molar-refractivity contribution in [3.8, 4) is 0 Å². The van der Waals surface area contributed by atoms with Gasteiger partial charge in [0.25, 0.3) is 0 Å². The van der Waals surface area contributed by atoms with Crippen molar-refractivity contribution < 1.29 is 17.9 Å². The van der Waals surface area contributed by atoms with Crippen LogP contribution >= 0.6 is 11.6 Å². The molecule has 0 saturated heterocycles. The Hall–Kier alpha value is -1.15. The Kier molecular flexibility index (Phi) is 5.97. The Balaban J connectivity index is 3.33. The third kappa shape index (κ3) is 4.19. The first kappa shape index (κ1) is 18.9. The maximum atomic E-state index is 12.7. The number of benzene rings is 1. The van der Waals surface area contributed by atoms with Crippen LogP contribution in [0.15, 0.2) is 23.1 Å². The van der Waals surface area contributed by atoms with Gasteiger partial charge in [0.15, 0.2) is 0 Å². The van der Waals surface area contributed by atoms with Crippen LogP contribution in [0.3, 0.4) is 0 Å². The summed E-state index contributed by atoms with van der Waals surface area (Å²) in [6.07, 6.45) is 0. The number of carbonyl (C=O) groups excluding carboxylic acids is 1. The molecule has 22 heavy (non-hydrogen) atoms. The van der Waals surface area contributed by atoms with Gasteiger partial charge >= 0.3 is 5.97 Å². The number of methoxy groups -OCH3 is 1. The highest BCUT2D eigenvalue weighted by Gasteiger charge is 2.31. The number of esters is 1. The summed E-state index contributed by atoms with van der Waals surface area (Å²) in [6, 6.07) is 4.02. The molecule has 0 aliphatic heterocycles. The first-order valence-corrected chi connectivity index (χ1v) is 8.41. The maximum Gasteiger partial charge on any atom is 0.339 e. The van der Waals surface area contributed by atoms with Crippen molar-refractivity contribution in [2.75, 3.05) is 27.2 Å². The van der Waals surface area contributed by atoms with Crippen LogP contribution in [0.1, 0.15) is 24.2 Å². The van der Waals surface area contributed by atoms with Crippen molar-refractivity contribution in [2.45, 2.75) is 18.7 Å². The standard InChI is InChI=1S/C14H21ClN2O4S/c1-14(2,8-16)9-17(3)22(19,20)12-7-10(15)5-6-11(12)13(18)21-4/h5-7H,8-9,16H2,1-4H3. The summed E-state index contributed by atoms with van der Waals surface area (Å²) in [5, 5.41) is 0.220. The SMILES string of the molecule is COC(=O)c1ccc(Cl)cc1S(=O)(=O)N(C)CC(C)(C)CN. The molecular weight excluding hydrogens is 328 g/mol. The Labute approximate surface area is 136 Å². The van der Waals surface area contributed by atoms with Crippen LogP contribution in [0.4, 0.5) is 0 Å². The van der Waals surface area contributed by atoms with E-state index in [1.54, 1.807) is 0 Å². The summed E-state index contributed by atoms with van der Waals surface area (Å²) < 4.78 is 31.3. The predicted molar refractivity (Wildman–Crippen MR) is 85.4 cm³/mol. The molecular formula is C14H21ClN2O4S. The fraction of sp³-hybridized carbons (Fsp3) is 0.500.